The number of hydrogen-bond acceptors (Lipinski definition) is 4. The molecule has 0 atom stereocenters. The van der Waals surface area contributed by atoms with E-state index in [1.54, 1.807) is 0 Å². The Hall–Kier alpha value is -1.48. The second-order valence-corrected chi connectivity index (χ2v) is 2.98. The third kappa shape index (κ3) is 2.00. The van der Waals surface area contributed by atoms with Crippen molar-refractivity contribution in [3.63, 3.8) is 0 Å². The molecule has 1 aromatic rings. The number of halogens is 1. The normalized spacial score (nSPS) is 9.23. The first-order valence-electron chi connectivity index (χ1n) is 3.31. The molecule has 0 aliphatic heterocycles. The quantitative estimate of drug-likeness (QED) is 0.585. The fourth-order valence-corrected chi connectivity index (χ4v) is 1.33. The fourth-order valence-electron chi connectivity index (χ4n) is 0.815. The lowest BCUT2D eigenvalue weighted by Gasteiger charge is -1.98. The zero-order valence-electron chi connectivity index (χ0n) is 6.40. The molecule has 0 fully saturated rings. The first-order valence-corrected chi connectivity index (χ1v) is 4.11. The summed E-state index contributed by atoms with van der Waals surface area (Å²) in [5, 5.41) is 18.8. The van der Waals surface area contributed by atoms with E-state index < -0.39 is 4.92 Å². The van der Waals surface area contributed by atoms with Gasteiger partial charge >= 0.3 is 0 Å². The zero-order valence-corrected chi connectivity index (χ0v) is 7.98. The van der Waals surface area contributed by atoms with Gasteiger partial charge in [-0.3, -0.25) is 15.1 Å². The van der Waals surface area contributed by atoms with E-state index in [1.807, 2.05) is 6.07 Å². The lowest BCUT2D eigenvalue weighted by atomic mass is 10.2. The van der Waals surface area contributed by atoms with Crippen molar-refractivity contribution in [2.45, 2.75) is 6.42 Å². The molecule has 1 aromatic heterocycles. The maximum absolute atomic E-state index is 10.4. The third-order valence-corrected chi connectivity index (χ3v) is 2.25. The Bertz CT molecular complexity index is 386. The summed E-state index contributed by atoms with van der Waals surface area (Å²) in [6.07, 6.45) is 1.37. The van der Waals surface area contributed by atoms with Crippen molar-refractivity contribution in [3.05, 3.63) is 32.5 Å². The molecule has 5 nitrogen and oxygen atoms in total. The van der Waals surface area contributed by atoms with E-state index >= 15 is 0 Å². The highest BCUT2D eigenvalue weighted by molar-refractivity contribution is 9.10. The number of pyridine rings is 1. The van der Waals surface area contributed by atoms with Crippen LogP contribution in [0.2, 0.25) is 0 Å². The summed E-state index contributed by atoms with van der Waals surface area (Å²) in [6.45, 7) is 0. The van der Waals surface area contributed by atoms with Crippen LogP contribution in [0.15, 0.2) is 16.7 Å². The van der Waals surface area contributed by atoms with Gasteiger partial charge in [0.15, 0.2) is 0 Å². The first-order chi connectivity index (χ1) is 6.16. The average Bonchev–Trinajstić information content (AvgIpc) is 2.08. The van der Waals surface area contributed by atoms with E-state index in [0.717, 1.165) is 0 Å². The van der Waals surface area contributed by atoms with Crippen LogP contribution in [0.3, 0.4) is 0 Å². The minimum atomic E-state index is -0.521. The molecule has 66 valence electrons. The summed E-state index contributed by atoms with van der Waals surface area (Å²) in [4.78, 5) is 13.8. The van der Waals surface area contributed by atoms with E-state index in [1.165, 1.54) is 12.3 Å². The highest BCUT2D eigenvalue weighted by Crippen LogP contribution is 2.26. The van der Waals surface area contributed by atoms with Gasteiger partial charge in [0.2, 0.25) is 0 Å². The SMILES string of the molecule is N#CCc1nccc([N+](=O)[O-])c1Br. The van der Waals surface area contributed by atoms with Gasteiger partial charge in [-0.25, -0.2) is 0 Å². The highest BCUT2D eigenvalue weighted by atomic mass is 79.9. The zero-order chi connectivity index (χ0) is 9.84. The molecule has 0 saturated carbocycles. The summed E-state index contributed by atoms with van der Waals surface area (Å²) < 4.78 is 0.279. The van der Waals surface area contributed by atoms with Gasteiger partial charge < -0.3 is 0 Å². The van der Waals surface area contributed by atoms with Crippen LogP contribution in [0.4, 0.5) is 5.69 Å². The molecule has 0 saturated heterocycles. The Morgan fingerprint density at radius 2 is 2.46 bits per heavy atom. The van der Waals surface area contributed by atoms with Crippen molar-refractivity contribution in [3.8, 4) is 6.07 Å². The number of nitrogens with zero attached hydrogens (tertiary/aromatic N) is 3. The molecule has 0 radical (unpaired) electrons. The van der Waals surface area contributed by atoms with Crippen molar-refractivity contribution in [2.75, 3.05) is 0 Å². The minimum absolute atomic E-state index is 0.0578. The van der Waals surface area contributed by atoms with Crippen LogP contribution >= 0.6 is 15.9 Å². The van der Waals surface area contributed by atoms with Gasteiger partial charge in [-0.15, -0.1) is 0 Å². The fraction of sp³-hybridized carbons (Fsp3) is 0.143. The molecule has 1 heterocycles. The lowest BCUT2D eigenvalue weighted by molar-refractivity contribution is -0.385. The van der Waals surface area contributed by atoms with Crippen molar-refractivity contribution in [2.24, 2.45) is 0 Å². The van der Waals surface area contributed by atoms with Gasteiger partial charge in [0, 0.05) is 12.3 Å². The molecule has 0 spiro atoms. The van der Waals surface area contributed by atoms with Crippen molar-refractivity contribution in [1.82, 2.24) is 4.98 Å². The molecule has 0 aromatic carbocycles. The first kappa shape index (κ1) is 9.61. The Morgan fingerprint density at radius 3 is 3.00 bits per heavy atom. The van der Waals surface area contributed by atoms with Gasteiger partial charge in [0.05, 0.1) is 23.1 Å². The Morgan fingerprint density at radius 1 is 1.77 bits per heavy atom. The maximum Gasteiger partial charge on any atom is 0.286 e. The lowest BCUT2D eigenvalue weighted by Crippen LogP contribution is -1.95. The Balaban J connectivity index is 3.20. The number of hydrogen-bond donors (Lipinski definition) is 0. The summed E-state index contributed by atoms with van der Waals surface area (Å²) in [7, 11) is 0. The van der Waals surface area contributed by atoms with E-state index in [2.05, 4.69) is 20.9 Å². The summed E-state index contributed by atoms with van der Waals surface area (Å²) >= 11 is 3.03. The summed E-state index contributed by atoms with van der Waals surface area (Å²) in [5.41, 5.74) is 0.317. The topological polar surface area (TPSA) is 79.8 Å². The summed E-state index contributed by atoms with van der Waals surface area (Å²) in [6, 6.07) is 3.16. The molecule has 0 bridgehead atoms. The molecule has 0 aliphatic rings. The molecule has 6 heteroatoms. The van der Waals surface area contributed by atoms with Crippen LogP contribution in [0, 0.1) is 21.4 Å². The van der Waals surface area contributed by atoms with Gasteiger partial charge in [-0.2, -0.15) is 5.26 Å². The number of nitriles is 1. The molecular formula is C7H4BrN3O2. The van der Waals surface area contributed by atoms with Crippen LogP contribution in [0.1, 0.15) is 5.69 Å². The predicted molar refractivity (Wildman–Crippen MR) is 47.9 cm³/mol. The number of nitro groups is 1. The van der Waals surface area contributed by atoms with E-state index in [4.69, 9.17) is 5.26 Å². The van der Waals surface area contributed by atoms with E-state index in [0.29, 0.717) is 5.69 Å². The van der Waals surface area contributed by atoms with Gasteiger partial charge in [-0.05, 0) is 15.9 Å². The van der Waals surface area contributed by atoms with Crippen molar-refractivity contribution < 1.29 is 4.92 Å². The van der Waals surface area contributed by atoms with Gasteiger partial charge in [0.25, 0.3) is 5.69 Å². The summed E-state index contributed by atoms with van der Waals surface area (Å²) in [5.74, 6) is 0. The minimum Gasteiger partial charge on any atom is -0.259 e. The molecular weight excluding hydrogens is 238 g/mol. The number of rotatable bonds is 2. The Labute approximate surface area is 82.3 Å². The maximum atomic E-state index is 10.4. The smallest absolute Gasteiger partial charge is 0.259 e. The van der Waals surface area contributed by atoms with E-state index in [-0.39, 0.29) is 16.6 Å². The molecule has 0 aliphatic carbocycles. The number of aromatic nitrogens is 1. The van der Waals surface area contributed by atoms with Crippen molar-refractivity contribution >= 4 is 21.6 Å². The van der Waals surface area contributed by atoms with Crippen molar-refractivity contribution in [1.29, 1.82) is 5.26 Å². The molecule has 1 rings (SSSR count). The average molecular weight is 242 g/mol. The molecule has 0 unspecified atom stereocenters. The van der Waals surface area contributed by atoms with Crippen LogP contribution in [-0.4, -0.2) is 9.91 Å². The van der Waals surface area contributed by atoms with Crippen LogP contribution < -0.4 is 0 Å². The predicted octanol–water partition coefficient (Wildman–Crippen LogP) is 1.82. The molecule has 0 amide bonds. The second kappa shape index (κ2) is 3.96. The Kier molecular flexibility index (Phi) is 2.93. The molecule has 0 N–H and O–H groups in total. The monoisotopic (exact) mass is 241 g/mol. The van der Waals surface area contributed by atoms with E-state index in [9.17, 15) is 10.1 Å². The van der Waals surface area contributed by atoms with Crippen LogP contribution in [0.25, 0.3) is 0 Å². The van der Waals surface area contributed by atoms with Crippen LogP contribution in [-0.2, 0) is 6.42 Å². The van der Waals surface area contributed by atoms with Crippen LogP contribution in [0.5, 0.6) is 0 Å². The third-order valence-electron chi connectivity index (χ3n) is 1.38. The molecule has 13 heavy (non-hydrogen) atoms. The van der Waals surface area contributed by atoms with Gasteiger partial charge in [0.1, 0.15) is 4.47 Å². The second-order valence-electron chi connectivity index (χ2n) is 2.18. The standard InChI is InChI=1S/C7H4BrN3O2/c8-7-5(1-3-9)10-4-2-6(7)11(12)13/h2,4H,1H2. The highest BCUT2D eigenvalue weighted by Gasteiger charge is 2.15. The largest absolute Gasteiger partial charge is 0.286 e. The van der Waals surface area contributed by atoms with Gasteiger partial charge in [-0.1, -0.05) is 0 Å².